The lowest BCUT2D eigenvalue weighted by Crippen LogP contribution is -2.52. The molecule has 1 aliphatic heterocycles. The molecule has 0 aromatic heterocycles. The van der Waals surface area contributed by atoms with Gasteiger partial charge >= 0.3 is 0 Å². The maximum absolute atomic E-state index is 14.0. The summed E-state index contributed by atoms with van der Waals surface area (Å²) in [4.78, 5) is 42.3. The Morgan fingerprint density at radius 2 is 1.63 bits per heavy atom. The van der Waals surface area contributed by atoms with Crippen molar-refractivity contribution in [3.63, 3.8) is 0 Å². The van der Waals surface area contributed by atoms with Crippen LogP contribution in [-0.2, 0) is 32.6 Å². The lowest BCUT2D eigenvalue weighted by Gasteiger charge is -2.33. The van der Waals surface area contributed by atoms with Crippen molar-refractivity contribution in [2.24, 2.45) is 0 Å². The van der Waals surface area contributed by atoms with Gasteiger partial charge in [-0.05, 0) is 54.7 Å². The van der Waals surface area contributed by atoms with Gasteiger partial charge in [-0.25, -0.2) is 12.7 Å². The summed E-state index contributed by atoms with van der Waals surface area (Å²) in [5.41, 5.74) is 1.83. The van der Waals surface area contributed by atoms with Crippen molar-refractivity contribution in [3.05, 3.63) is 101 Å². The van der Waals surface area contributed by atoms with Crippen LogP contribution in [0.3, 0.4) is 0 Å². The van der Waals surface area contributed by atoms with E-state index in [0.29, 0.717) is 11.4 Å². The molecule has 1 heterocycles. The normalized spacial score (nSPS) is 16.9. The van der Waals surface area contributed by atoms with Crippen molar-refractivity contribution >= 4 is 39.3 Å². The summed E-state index contributed by atoms with van der Waals surface area (Å²) in [6.45, 7) is 0.0194. The van der Waals surface area contributed by atoms with Crippen molar-refractivity contribution in [2.75, 3.05) is 6.54 Å². The summed E-state index contributed by atoms with van der Waals surface area (Å²) in [5, 5.41) is 3.73. The number of benzene rings is 3. The van der Waals surface area contributed by atoms with Gasteiger partial charge in [0.2, 0.25) is 11.8 Å². The van der Waals surface area contributed by atoms with Gasteiger partial charge in [-0.1, -0.05) is 85.5 Å². The van der Waals surface area contributed by atoms with Crippen molar-refractivity contribution in [3.8, 4) is 0 Å². The Morgan fingerprint density at radius 1 is 0.930 bits per heavy atom. The Bertz CT molecular complexity index is 1570. The molecule has 3 aromatic carbocycles. The number of rotatable bonds is 11. The first kappa shape index (κ1) is 30.8. The van der Waals surface area contributed by atoms with Gasteiger partial charge in [0.1, 0.15) is 10.9 Å². The lowest BCUT2D eigenvalue weighted by molar-refractivity contribution is -0.141. The molecular formula is C33H36ClN3O5S. The second-order valence-electron chi connectivity index (χ2n) is 11.2. The van der Waals surface area contributed by atoms with Gasteiger partial charge in [0.05, 0.1) is 5.56 Å². The summed E-state index contributed by atoms with van der Waals surface area (Å²) >= 11 is 6.27. The van der Waals surface area contributed by atoms with Gasteiger partial charge in [0.15, 0.2) is 0 Å². The number of hydrogen-bond donors (Lipinski definition) is 1. The first-order valence-electron chi connectivity index (χ1n) is 14.8. The maximum atomic E-state index is 14.0. The Hall–Kier alpha value is -3.69. The molecule has 1 fully saturated rings. The number of amides is 3. The summed E-state index contributed by atoms with van der Waals surface area (Å²) in [5.74, 6) is -1.10. The van der Waals surface area contributed by atoms with Crippen LogP contribution < -0.4 is 5.32 Å². The second-order valence-corrected chi connectivity index (χ2v) is 13.4. The standard InChI is InChI=1S/C33H36ClN3O5S/c34-26-14-9-13-25(21-26)23-36(29(22-24-11-3-1-4-12-24)32(39)35-27-15-5-2-6-16-27)31(38)19-10-20-37-33(40)28-17-7-8-18-30(28)43(37,41)42/h1,3-4,7-9,11-14,17-18,21,27,29H,2,5-6,10,15-16,19-20,22-23H2,(H,35,39)/t29-/m1/s1. The fraction of sp³-hybridized carbons (Fsp3) is 0.364. The van der Waals surface area contributed by atoms with Crippen LogP contribution in [0.1, 0.15) is 66.4 Å². The first-order valence-corrected chi connectivity index (χ1v) is 16.6. The van der Waals surface area contributed by atoms with E-state index < -0.39 is 22.0 Å². The average Bonchev–Trinajstić information content (AvgIpc) is 3.20. The molecule has 0 unspecified atom stereocenters. The largest absolute Gasteiger partial charge is 0.352 e. The minimum atomic E-state index is -3.97. The number of sulfonamides is 1. The molecule has 0 saturated heterocycles. The van der Waals surface area contributed by atoms with Gasteiger partial charge in [-0.3, -0.25) is 14.4 Å². The van der Waals surface area contributed by atoms with Crippen molar-refractivity contribution < 1.29 is 22.8 Å². The Kier molecular flexibility index (Phi) is 9.82. The third-order valence-electron chi connectivity index (χ3n) is 8.13. The van der Waals surface area contributed by atoms with E-state index in [1.165, 1.54) is 12.1 Å². The Balaban J connectivity index is 1.37. The SMILES string of the molecule is O=C(NC1CCCCC1)[C@@H](Cc1ccccc1)N(Cc1cccc(Cl)c1)C(=O)CCCN1C(=O)c2ccccc2S1(=O)=O. The van der Waals surface area contributed by atoms with Crippen LogP contribution in [0.2, 0.25) is 5.02 Å². The molecule has 0 radical (unpaired) electrons. The predicted octanol–water partition coefficient (Wildman–Crippen LogP) is 5.35. The molecule has 2 aliphatic rings. The van der Waals surface area contributed by atoms with E-state index in [2.05, 4.69) is 5.32 Å². The lowest BCUT2D eigenvalue weighted by atomic mass is 9.94. The molecule has 3 amide bonds. The zero-order valence-corrected chi connectivity index (χ0v) is 25.5. The van der Waals surface area contributed by atoms with Gasteiger partial charge in [-0.2, -0.15) is 0 Å². The number of nitrogens with zero attached hydrogens (tertiary/aromatic N) is 2. The summed E-state index contributed by atoms with van der Waals surface area (Å²) in [6.07, 6.45) is 5.48. The fourth-order valence-corrected chi connectivity index (χ4v) is 7.72. The zero-order valence-electron chi connectivity index (χ0n) is 24.0. The van der Waals surface area contributed by atoms with Crippen LogP contribution >= 0.6 is 11.6 Å². The minimum absolute atomic E-state index is 0.0174. The van der Waals surface area contributed by atoms with E-state index in [9.17, 15) is 22.8 Å². The number of halogens is 1. The quantitative estimate of drug-likeness (QED) is 0.311. The van der Waals surface area contributed by atoms with E-state index >= 15 is 0 Å². The molecule has 43 heavy (non-hydrogen) atoms. The molecule has 1 aliphatic carbocycles. The highest BCUT2D eigenvalue weighted by atomic mass is 35.5. The van der Waals surface area contributed by atoms with Gasteiger partial charge in [0, 0.05) is 37.0 Å². The highest BCUT2D eigenvalue weighted by Crippen LogP contribution is 2.30. The smallest absolute Gasteiger partial charge is 0.269 e. The van der Waals surface area contributed by atoms with Crippen LogP contribution in [-0.4, -0.2) is 54.0 Å². The Morgan fingerprint density at radius 3 is 2.35 bits per heavy atom. The van der Waals surface area contributed by atoms with Crippen molar-refractivity contribution in [2.45, 2.75) is 74.9 Å². The van der Waals surface area contributed by atoms with E-state index in [-0.39, 0.29) is 54.2 Å². The molecular weight excluding hydrogens is 586 g/mol. The highest BCUT2D eigenvalue weighted by Gasteiger charge is 2.40. The molecule has 10 heteroatoms. The molecule has 226 valence electrons. The molecule has 0 spiro atoms. The number of nitrogens with one attached hydrogen (secondary N) is 1. The Labute approximate surface area is 258 Å². The maximum Gasteiger partial charge on any atom is 0.269 e. The van der Waals surface area contributed by atoms with Crippen LogP contribution in [0.4, 0.5) is 0 Å². The zero-order chi connectivity index (χ0) is 30.4. The highest BCUT2D eigenvalue weighted by molar-refractivity contribution is 7.90. The summed E-state index contributed by atoms with van der Waals surface area (Å²) < 4.78 is 26.9. The summed E-state index contributed by atoms with van der Waals surface area (Å²) in [7, 11) is -3.97. The number of carbonyl (C=O) groups is 3. The van der Waals surface area contributed by atoms with Crippen LogP contribution in [0.5, 0.6) is 0 Å². The second kappa shape index (κ2) is 13.7. The molecule has 3 aromatic rings. The third-order valence-corrected chi connectivity index (χ3v) is 10.2. The molecule has 0 bridgehead atoms. The molecule has 1 atom stereocenters. The third kappa shape index (κ3) is 7.28. The van der Waals surface area contributed by atoms with E-state index in [0.717, 1.165) is 47.5 Å². The monoisotopic (exact) mass is 621 g/mol. The number of carbonyl (C=O) groups excluding carboxylic acids is 3. The summed E-state index contributed by atoms with van der Waals surface area (Å²) in [6, 6.07) is 22.1. The van der Waals surface area contributed by atoms with Gasteiger partial charge in [0.25, 0.3) is 15.9 Å². The van der Waals surface area contributed by atoms with Crippen LogP contribution in [0, 0.1) is 0 Å². The fourth-order valence-electron chi connectivity index (χ4n) is 5.90. The van der Waals surface area contributed by atoms with E-state index in [1.54, 1.807) is 35.2 Å². The molecule has 1 saturated carbocycles. The molecule has 5 rings (SSSR count). The first-order chi connectivity index (χ1) is 20.7. The van der Waals surface area contributed by atoms with E-state index in [4.69, 9.17) is 11.6 Å². The molecule has 1 N–H and O–H groups in total. The average molecular weight is 622 g/mol. The predicted molar refractivity (Wildman–Crippen MR) is 165 cm³/mol. The van der Waals surface area contributed by atoms with Crippen LogP contribution in [0.25, 0.3) is 0 Å². The van der Waals surface area contributed by atoms with Gasteiger partial charge < -0.3 is 10.2 Å². The topological polar surface area (TPSA) is 104 Å². The van der Waals surface area contributed by atoms with Crippen molar-refractivity contribution in [1.82, 2.24) is 14.5 Å². The number of fused-ring (bicyclic) bond motifs is 1. The van der Waals surface area contributed by atoms with Crippen LogP contribution in [0.15, 0.2) is 83.8 Å². The van der Waals surface area contributed by atoms with Crippen molar-refractivity contribution in [1.29, 1.82) is 0 Å². The van der Waals surface area contributed by atoms with Gasteiger partial charge in [-0.15, -0.1) is 0 Å². The molecule has 8 nitrogen and oxygen atoms in total. The minimum Gasteiger partial charge on any atom is -0.352 e. The number of hydrogen-bond acceptors (Lipinski definition) is 5. The van der Waals surface area contributed by atoms with E-state index in [1.807, 2.05) is 36.4 Å².